The quantitative estimate of drug-likeness (QED) is 0.588. The standard InChI is InChI=1S/C14H19NO3S/c1-5-11(19(4)17)10-12-13(6-2)18-9-8-15(12)14(16)7-3/h5-7,10H,3,8-9H2,1-2,4H3/b11-5+,12-10+,13-6+. The molecule has 0 bridgehead atoms. The average molecular weight is 281 g/mol. The largest absolute Gasteiger partial charge is 0.612 e. The molecule has 19 heavy (non-hydrogen) atoms. The highest BCUT2D eigenvalue weighted by Gasteiger charge is 2.25. The lowest BCUT2D eigenvalue weighted by Crippen LogP contribution is -2.37. The van der Waals surface area contributed by atoms with Gasteiger partial charge in [-0.1, -0.05) is 6.58 Å². The van der Waals surface area contributed by atoms with E-state index >= 15 is 0 Å². The Morgan fingerprint density at radius 2 is 2.21 bits per heavy atom. The summed E-state index contributed by atoms with van der Waals surface area (Å²) < 4.78 is 17.1. The molecular weight excluding hydrogens is 262 g/mol. The summed E-state index contributed by atoms with van der Waals surface area (Å²) in [6.45, 7) is 8.05. The van der Waals surface area contributed by atoms with E-state index in [0.29, 0.717) is 29.5 Å². The van der Waals surface area contributed by atoms with Crippen molar-refractivity contribution in [2.24, 2.45) is 0 Å². The predicted octanol–water partition coefficient (Wildman–Crippen LogP) is 2.10. The van der Waals surface area contributed by atoms with Gasteiger partial charge in [-0.2, -0.15) is 0 Å². The van der Waals surface area contributed by atoms with Crippen molar-refractivity contribution >= 4 is 17.1 Å². The van der Waals surface area contributed by atoms with E-state index in [1.807, 2.05) is 13.8 Å². The summed E-state index contributed by atoms with van der Waals surface area (Å²) in [5, 5.41) is 0. The van der Waals surface area contributed by atoms with Gasteiger partial charge < -0.3 is 14.2 Å². The van der Waals surface area contributed by atoms with Crippen LogP contribution in [0.1, 0.15) is 13.8 Å². The second kappa shape index (κ2) is 7.21. The van der Waals surface area contributed by atoms with E-state index in [1.165, 1.54) is 6.08 Å². The third-order valence-corrected chi connectivity index (χ3v) is 3.73. The number of morpholine rings is 1. The molecule has 0 aromatic heterocycles. The number of carbonyl (C=O) groups is 1. The van der Waals surface area contributed by atoms with E-state index in [9.17, 15) is 9.35 Å². The van der Waals surface area contributed by atoms with Gasteiger partial charge in [0.05, 0.1) is 12.2 Å². The molecule has 1 rings (SSSR count). The Kier molecular flexibility index (Phi) is 5.92. The van der Waals surface area contributed by atoms with Gasteiger partial charge in [0.2, 0.25) is 0 Å². The zero-order valence-corrected chi connectivity index (χ0v) is 12.3. The molecule has 0 spiro atoms. The predicted molar refractivity (Wildman–Crippen MR) is 77.5 cm³/mol. The van der Waals surface area contributed by atoms with Crippen LogP contribution in [0, 0.1) is 0 Å². The number of amides is 1. The Morgan fingerprint density at radius 1 is 1.53 bits per heavy atom. The maximum absolute atomic E-state index is 11.9. The fraction of sp³-hybridized carbons (Fsp3) is 0.357. The first-order chi connectivity index (χ1) is 9.04. The zero-order chi connectivity index (χ0) is 14.4. The Labute approximate surface area is 117 Å². The summed E-state index contributed by atoms with van der Waals surface area (Å²) >= 11 is -1.11. The van der Waals surface area contributed by atoms with Crippen molar-refractivity contribution < 1.29 is 14.1 Å². The van der Waals surface area contributed by atoms with Crippen molar-refractivity contribution in [2.75, 3.05) is 19.4 Å². The van der Waals surface area contributed by atoms with Crippen LogP contribution in [0.2, 0.25) is 0 Å². The number of ether oxygens (including phenoxy) is 1. The van der Waals surface area contributed by atoms with Gasteiger partial charge in [0.15, 0.2) is 0 Å². The van der Waals surface area contributed by atoms with E-state index in [-0.39, 0.29) is 5.91 Å². The van der Waals surface area contributed by atoms with E-state index in [1.54, 1.807) is 29.4 Å². The van der Waals surface area contributed by atoms with E-state index < -0.39 is 11.2 Å². The third-order valence-electron chi connectivity index (χ3n) is 2.71. The molecule has 0 aromatic rings. The number of allylic oxidation sites excluding steroid dienone is 3. The summed E-state index contributed by atoms with van der Waals surface area (Å²) in [5.74, 6) is 0.428. The molecule has 1 unspecified atom stereocenters. The number of rotatable bonds is 3. The van der Waals surface area contributed by atoms with Crippen molar-refractivity contribution in [1.29, 1.82) is 0 Å². The van der Waals surface area contributed by atoms with Crippen molar-refractivity contribution in [1.82, 2.24) is 4.90 Å². The van der Waals surface area contributed by atoms with E-state index in [4.69, 9.17) is 4.74 Å². The van der Waals surface area contributed by atoms with Crippen LogP contribution in [0.15, 0.2) is 47.2 Å². The second-order valence-corrected chi connectivity index (χ2v) is 5.25. The molecule has 0 N–H and O–H groups in total. The monoisotopic (exact) mass is 281 g/mol. The minimum atomic E-state index is -1.11. The average Bonchev–Trinajstić information content (AvgIpc) is 2.43. The maximum Gasteiger partial charge on any atom is 0.250 e. The van der Waals surface area contributed by atoms with Crippen LogP contribution in [-0.4, -0.2) is 34.8 Å². The fourth-order valence-corrected chi connectivity index (χ4v) is 2.37. The fourth-order valence-electron chi connectivity index (χ4n) is 1.76. The van der Waals surface area contributed by atoms with Gasteiger partial charge in [-0.25, -0.2) is 0 Å². The minimum Gasteiger partial charge on any atom is -0.612 e. The summed E-state index contributed by atoms with van der Waals surface area (Å²) in [6.07, 6.45) is 8.16. The highest BCUT2D eigenvalue weighted by molar-refractivity contribution is 7.94. The van der Waals surface area contributed by atoms with Crippen LogP contribution >= 0.6 is 0 Å². The van der Waals surface area contributed by atoms with Gasteiger partial charge >= 0.3 is 0 Å². The zero-order valence-electron chi connectivity index (χ0n) is 11.5. The van der Waals surface area contributed by atoms with Crippen LogP contribution in [-0.2, 0) is 20.7 Å². The Hall–Kier alpha value is -1.46. The van der Waals surface area contributed by atoms with Crippen molar-refractivity contribution in [3.8, 4) is 0 Å². The molecule has 1 amide bonds. The first kappa shape index (κ1) is 15.6. The van der Waals surface area contributed by atoms with Crippen LogP contribution in [0.3, 0.4) is 0 Å². The van der Waals surface area contributed by atoms with Gasteiger partial charge in [0.25, 0.3) is 5.91 Å². The molecule has 0 radical (unpaired) electrons. The number of hydrogen-bond acceptors (Lipinski definition) is 3. The van der Waals surface area contributed by atoms with Crippen molar-refractivity contribution in [3.63, 3.8) is 0 Å². The smallest absolute Gasteiger partial charge is 0.250 e. The molecule has 5 heteroatoms. The van der Waals surface area contributed by atoms with E-state index in [0.717, 1.165) is 0 Å². The van der Waals surface area contributed by atoms with Crippen molar-refractivity contribution in [2.45, 2.75) is 13.8 Å². The molecule has 1 heterocycles. The topological polar surface area (TPSA) is 52.6 Å². The number of nitrogens with zero attached hydrogens (tertiary/aromatic N) is 1. The molecule has 104 valence electrons. The number of carbonyl (C=O) groups excluding carboxylic acids is 1. The van der Waals surface area contributed by atoms with Crippen LogP contribution < -0.4 is 0 Å². The normalized spacial score (nSPS) is 22.3. The van der Waals surface area contributed by atoms with Gasteiger partial charge in [-0.05, 0) is 43.3 Å². The first-order valence-electron chi connectivity index (χ1n) is 6.00. The van der Waals surface area contributed by atoms with Gasteiger partial charge in [0, 0.05) is 6.08 Å². The summed E-state index contributed by atoms with van der Waals surface area (Å²) in [4.78, 5) is 14.1. The summed E-state index contributed by atoms with van der Waals surface area (Å²) in [6, 6.07) is 0. The summed E-state index contributed by atoms with van der Waals surface area (Å²) in [7, 11) is 0. The first-order valence-corrected chi connectivity index (χ1v) is 7.55. The van der Waals surface area contributed by atoms with Gasteiger partial charge in [-0.15, -0.1) is 0 Å². The number of hydrogen-bond donors (Lipinski definition) is 0. The molecular formula is C14H19NO3S. The van der Waals surface area contributed by atoms with Crippen molar-refractivity contribution in [3.05, 3.63) is 47.2 Å². The van der Waals surface area contributed by atoms with Crippen LogP contribution in [0.4, 0.5) is 0 Å². The van der Waals surface area contributed by atoms with Crippen LogP contribution in [0.5, 0.6) is 0 Å². The second-order valence-electron chi connectivity index (χ2n) is 3.87. The Bertz CT molecular complexity index is 450. The highest BCUT2D eigenvalue weighted by Crippen LogP contribution is 2.24. The third kappa shape index (κ3) is 3.75. The van der Waals surface area contributed by atoms with Gasteiger partial charge in [-0.3, -0.25) is 4.79 Å². The molecule has 0 aliphatic carbocycles. The van der Waals surface area contributed by atoms with E-state index in [2.05, 4.69) is 6.58 Å². The highest BCUT2D eigenvalue weighted by atomic mass is 32.2. The molecule has 1 fully saturated rings. The minimum absolute atomic E-state index is 0.189. The molecule has 1 saturated heterocycles. The Balaban J connectivity index is 3.22. The lowest BCUT2D eigenvalue weighted by molar-refractivity contribution is -0.125. The molecule has 0 aromatic carbocycles. The molecule has 4 nitrogen and oxygen atoms in total. The summed E-state index contributed by atoms with van der Waals surface area (Å²) in [5.41, 5.74) is 0.627. The molecule has 0 saturated carbocycles. The molecule has 1 aliphatic heterocycles. The Morgan fingerprint density at radius 3 is 2.68 bits per heavy atom. The van der Waals surface area contributed by atoms with Crippen LogP contribution in [0.25, 0.3) is 0 Å². The molecule has 1 aliphatic rings. The molecule has 1 atom stereocenters. The maximum atomic E-state index is 11.9. The lowest BCUT2D eigenvalue weighted by Gasteiger charge is -2.31. The SMILES string of the molecule is C=CC(=O)N1CCOC(=C/C)/C1=C\C(=C/C)[S+](C)[O-]. The van der Waals surface area contributed by atoms with Gasteiger partial charge in [0.1, 0.15) is 23.5 Å². The lowest BCUT2D eigenvalue weighted by atomic mass is 10.2.